The fourth-order valence-corrected chi connectivity index (χ4v) is 1.40. The van der Waals surface area contributed by atoms with E-state index in [0.717, 1.165) is 11.3 Å². The summed E-state index contributed by atoms with van der Waals surface area (Å²) in [6.45, 7) is 1.83. The number of hydrogen-bond donors (Lipinski definition) is 0. The number of rotatable bonds is 1. The lowest BCUT2D eigenvalue weighted by molar-refractivity contribution is 0.768. The highest BCUT2D eigenvalue weighted by atomic mass is 35.5. The van der Waals surface area contributed by atoms with Gasteiger partial charge in [0, 0.05) is 25.0 Å². The van der Waals surface area contributed by atoms with Crippen LogP contribution < -0.4 is 0 Å². The summed E-state index contributed by atoms with van der Waals surface area (Å²) in [6, 6.07) is 0. The van der Waals surface area contributed by atoms with E-state index in [0.29, 0.717) is 10.8 Å². The van der Waals surface area contributed by atoms with Gasteiger partial charge in [-0.15, -0.1) is 0 Å². The minimum absolute atomic E-state index is 0.545. The van der Waals surface area contributed by atoms with Crippen LogP contribution in [0.4, 0.5) is 0 Å². The van der Waals surface area contributed by atoms with Gasteiger partial charge < -0.3 is 0 Å². The first-order valence-electron chi connectivity index (χ1n) is 4.15. The van der Waals surface area contributed by atoms with Gasteiger partial charge in [-0.25, -0.2) is 9.97 Å². The predicted molar refractivity (Wildman–Crippen MR) is 54.0 cm³/mol. The van der Waals surface area contributed by atoms with Gasteiger partial charge in [-0.05, 0) is 6.92 Å². The lowest BCUT2D eigenvalue weighted by atomic mass is 10.2. The summed E-state index contributed by atoms with van der Waals surface area (Å²) in [7, 11) is 1.85. The molecule has 5 heteroatoms. The number of halogens is 1. The molecule has 0 N–H and O–H groups in total. The molecule has 0 aliphatic carbocycles. The Morgan fingerprint density at radius 1 is 1.36 bits per heavy atom. The normalized spacial score (nSPS) is 10.5. The van der Waals surface area contributed by atoms with Crippen LogP contribution in [-0.4, -0.2) is 19.7 Å². The molecule has 2 aromatic rings. The van der Waals surface area contributed by atoms with Crippen LogP contribution in [0, 0.1) is 6.92 Å². The summed E-state index contributed by atoms with van der Waals surface area (Å²) in [5, 5.41) is 4.61. The summed E-state index contributed by atoms with van der Waals surface area (Å²) >= 11 is 5.98. The molecule has 0 aliphatic heterocycles. The van der Waals surface area contributed by atoms with Crippen molar-refractivity contribution in [1.29, 1.82) is 0 Å². The third-order valence-electron chi connectivity index (χ3n) is 1.84. The number of hydrogen-bond acceptors (Lipinski definition) is 3. The largest absolute Gasteiger partial charge is 0.275 e. The van der Waals surface area contributed by atoms with E-state index in [1.807, 2.05) is 20.2 Å². The average molecular weight is 209 g/mol. The maximum atomic E-state index is 5.98. The van der Waals surface area contributed by atoms with Crippen molar-refractivity contribution in [3.63, 3.8) is 0 Å². The van der Waals surface area contributed by atoms with Gasteiger partial charge in [0.1, 0.15) is 5.82 Å². The van der Waals surface area contributed by atoms with Crippen molar-refractivity contribution >= 4 is 11.6 Å². The molecule has 0 aromatic carbocycles. The van der Waals surface area contributed by atoms with E-state index in [-0.39, 0.29) is 0 Å². The Bertz CT molecular complexity index is 464. The second-order valence-electron chi connectivity index (χ2n) is 3.02. The van der Waals surface area contributed by atoms with Gasteiger partial charge in [0.25, 0.3) is 0 Å². The smallest absolute Gasteiger partial charge is 0.126 e. The Morgan fingerprint density at radius 2 is 2.14 bits per heavy atom. The van der Waals surface area contributed by atoms with E-state index in [4.69, 9.17) is 11.6 Å². The maximum Gasteiger partial charge on any atom is 0.126 e. The molecular weight excluding hydrogens is 200 g/mol. The fourth-order valence-electron chi connectivity index (χ4n) is 1.20. The van der Waals surface area contributed by atoms with E-state index in [1.165, 1.54) is 0 Å². The van der Waals surface area contributed by atoms with E-state index in [9.17, 15) is 0 Å². The molecule has 0 unspecified atom stereocenters. The summed E-state index contributed by atoms with van der Waals surface area (Å²) in [5.41, 5.74) is 1.63. The fraction of sp³-hybridized carbons (Fsp3) is 0.222. The zero-order valence-corrected chi connectivity index (χ0v) is 8.65. The summed E-state index contributed by atoms with van der Waals surface area (Å²) in [6.07, 6.45) is 5.20. The SMILES string of the molecule is Cc1ncc(Cl)c(-c2cnn(C)c2)n1. The first kappa shape index (κ1) is 9.15. The Kier molecular flexibility index (Phi) is 2.21. The van der Waals surface area contributed by atoms with Gasteiger partial charge in [-0.2, -0.15) is 5.10 Å². The maximum absolute atomic E-state index is 5.98. The number of aromatic nitrogens is 4. The summed E-state index contributed by atoms with van der Waals surface area (Å²) < 4.78 is 1.71. The van der Waals surface area contributed by atoms with Crippen molar-refractivity contribution in [2.24, 2.45) is 7.05 Å². The second kappa shape index (κ2) is 3.38. The topological polar surface area (TPSA) is 43.6 Å². The highest BCUT2D eigenvalue weighted by molar-refractivity contribution is 6.32. The van der Waals surface area contributed by atoms with Crippen molar-refractivity contribution in [2.45, 2.75) is 6.92 Å². The Hall–Kier alpha value is -1.42. The van der Waals surface area contributed by atoms with E-state index in [2.05, 4.69) is 15.1 Å². The van der Waals surface area contributed by atoms with Crippen LogP contribution in [0.15, 0.2) is 18.6 Å². The molecule has 2 heterocycles. The van der Waals surface area contributed by atoms with Gasteiger partial charge in [0.15, 0.2) is 0 Å². The molecule has 14 heavy (non-hydrogen) atoms. The molecule has 0 bridgehead atoms. The molecule has 0 saturated heterocycles. The molecule has 2 aromatic heterocycles. The molecule has 0 spiro atoms. The van der Waals surface area contributed by atoms with Crippen molar-refractivity contribution in [3.05, 3.63) is 29.4 Å². The molecule has 0 saturated carbocycles. The third kappa shape index (κ3) is 1.61. The van der Waals surface area contributed by atoms with Gasteiger partial charge in [0.05, 0.1) is 16.9 Å². The zero-order chi connectivity index (χ0) is 10.1. The Labute approximate surface area is 86.6 Å². The lowest BCUT2D eigenvalue weighted by Crippen LogP contribution is -1.91. The van der Waals surface area contributed by atoms with Crippen LogP contribution in [-0.2, 0) is 7.05 Å². The van der Waals surface area contributed by atoms with Gasteiger partial charge >= 0.3 is 0 Å². The Morgan fingerprint density at radius 3 is 2.79 bits per heavy atom. The van der Waals surface area contributed by atoms with E-state index >= 15 is 0 Å². The molecule has 0 amide bonds. The molecule has 4 nitrogen and oxygen atoms in total. The predicted octanol–water partition coefficient (Wildman–Crippen LogP) is 1.84. The standard InChI is InChI=1S/C9H9ClN4/c1-6-11-4-8(10)9(13-6)7-3-12-14(2)5-7/h3-5H,1-2H3. The number of aryl methyl sites for hydroxylation is 2. The minimum atomic E-state index is 0.545. The van der Waals surface area contributed by atoms with Crippen LogP contribution in [0.1, 0.15) is 5.82 Å². The average Bonchev–Trinajstić information content (AvgIpc) is 2.56. The van der Waals surface area contributed by atoms with Crippen molar-refractivity contribution in [3.8, 4) is 11.3 Å². The molecule has 72 valence electrons. The monoisotopic (exact) mass is 208 g/mol. The van der Waals surface area contributed by atoms with Crippen LogP contribution in [0.3, 0.4) is 0 Å². The van der Waals surface area contributed by atoms with Gasteiger partial charge in [-0.1, -0.05) is 11.6 Å². The third-order valence-corrected chi connectivity index (χ3v) is 2.12. The first-order valence-corrected chi connectivity index (χ1v) is 4.53. The van der Waals surface area contributed by atoms with E-state index in [1.54, 1.807) is 17.1 Å². The summed E-state index contributed by atoms with van der Waals surface area (Å²) in [5.74, 6) is 0.702. The molecule has 0 atom stereocenters. The quantitative estimate of drug-likeness (QED) is 0.718. The second-order valence-corrected chi connectivity index (χ2v) is 3.42. The molecule has 0 aliphatic rings. The summed E-state index contributed by atoms with van der Waals surface area (Å²) in [4.78, 5) is 8.26. The van der Waals surface area contributed by atoms with Crippen LogP contribution >= 0.6 is 11.6 Å². The van der Waals surface area contributed by atoms with E-state index < -0.39 is 0 Å². The van der Waals surface area contributed by atoms with Crippen LogP contribution in [0.25, 0.3) is 11.3 Å². The lowest BCUT2D eigenvalue weighted by Gasteiger charge is -1.99. The molecular formula is C9H9ClN4. The molecule has 0 fully saturated rings. The molecule has 2 rings (SSSR count). The number of nitrogens with zero attached hydrogens (tertiary/aromatic N) is 4. The minimum Gasteiger partial charge on any atom is -0.275 e. The highest BCUT2D eigenvalue weighted by Crippen LogP contribution is 2.23. The van der Waals surface area contributed by atoms with Crippen LogP contribution in [0.5, 0.6) is 0 Å². The van der Waals surface area contributed by atoms with Crippen molar-refractivity contribution < 1.29 is 0 Å². The highest BCUT2D eigenvalue weighted by Gasteiger charge is 2.07. The first-order chi connectivity index (χ1) is 6.66. The van der Waals surface area contributed by atoms with Crippen LogP contribution in [0.2, 0.25) is 5.02 Å². The van der Waals surface area contributed by atoms with Gasteiger partial charge in [0.2, 0.25) is 0 Å². The van der Waals surface area contributed by atoms with Gasteiger partial charge in [-0.3, -0.25) is 4.68 Å². The Balaban J connectivity index is 2.55. The molecule has 0 radical (unpaired) electrons. The van der Waals surface area contributed by atoms with Crippen molar-refractivity contribution in [2.75, 3.05) is 0 Å². The van der Waals surface area contributed by atoms with Crippen molar-refractivity contribution in [1.82, 2.24) is 19.7 Å². The zero-order valence-electron chi connectivity index (χ0n) is 7.90.